The number of ether oxygens (including phenoxy) is 1. The molecule has 12 heteroatoms. The summed E-state index contributed by atoms with van der Waals surface area (Å²) >= 11 is 0. The minimum Gasteiger partial charge on any atom is -0.381 e. The number of likely N-dealkylation sites (tertiary alicyclic amines) is 1. The number of nitrogens with zero attached hydrogens (tertiary/aromatic N) is 3. The van der Waals surface area contributed by atoms with Crippen molar-refractivity contribution in [3.8, 4) is 0 Å². The van der Waals surface area contributed by atoms with Gasteiger partial charge in [0.15, 0.2) is 5.65 Å². The first-order chi connectivity index (χ1) is 15.9. The first kappa shape index (κ1) is 23.0. The van der Waals surface area contributed by atoms with Crippen LogP contribution < -0.4 is 0 Å². The van der Waals surface area contributed by atoms with E-state index in [1.165, 1.54) is 4.90 Å². The maximum atomic E-state index is 13.0. The molecule has 0 aliphatic carbocycles. The highest BCUT2D eigenvalue weighted by Gasteiger charge is 2.65. The van der Waals surface area contributed by atoms with Gasteiger partial charge in [0, 0.05) is 49.9 Å². The van der Waals surface area contributed by atoms with Crippen LogP contribution in [-0.2, 0) is 4.74 Å². The molecule has 0 unspecified atom stereocenters. The molecular weight excluding hydrogens is 479 g/mol. The van der Waals surface area contributed by atoms with Gasteiger partial charge in [-0.3, -0.25) is 4.79 Å². The smallest absolute Gasteiger partial charge is 0.310 e. The third-order valence-electron chi connectivity index (χ3n) is 6.51. The van der Waals surface area contributed by atoms with Crippen LogP contribution in [-0.4, -0.2) is 52.1 Å². The Bertz CT molecular complexity index is 1240. The Balaban J connectivity index is 1.34. The van der Waals surface area contributed by atoms with Crippen LogP contribution in [0.2, 0.25) is 0 Å². The number of amides is 1. The average molecular weight is 503 g/mol. The fraction of sp³-hybridized carbons (Fsp3) is 0.409. The molecule has 2 aromatic heterocycles. The van der Waals surface area contributed by atoms with Gasteiger partial charge in [-0.1, -0.05) is 19.4 Å². The van der Waals surface area contributed by atoms with E-state index in [1.54, 1.807) is 6.20 Å². The predicted molar refractivity (Wildman–Crippen MR) is 118 cm³/mol. The van der Waals surface area contributed by atoms with Gasteiger partial charge < -0.3 is 14.6 Å². The third kappa shape index (κ3) is 4.48. The summed E-state index contributed by atoms with van der Waals surface area (Å²) in [5.41, 5.74) is 2.34. The van der Waals surface area contributed by atoms with Crippen molar-refractivity contribution in [2.45, 2.75) is 36.0 Å². The van der Waals surface area contributed by atoms with Gasteiger partial charge in [-0.25, -0.2) is 9.97 Å². The standard InChI is InChI=1S/C22H23F5N4O2S/c23-34(24,25,26,27)17-3-1-15(2-4-17)22(32)31-10-6-16(13-31)18-5-9-28-21-19(18)29-20(30-21)14-7-11-33-12-8-14/h1-5,9,14,16H,6-8,10-13H2,(H,28,29,30)/t16-/m1/s1. The molecule has 3 aromatic rings. The van der Waals surface area contributed by atoms with E-state index in [-0.39, 0.29) is 29.5 Å². The monoisotopic (exact) mass is 502 g/mol. The lowest BCUT2D eigenvalue weighted by Crippen LogP contribution is -2.28. The number of carbonyl (C=O) groups excluding carboxylic acids is 1. The van der Waals surface area contributed by atoms with Crippen LogP contribution in [0.5, 0.6) is 0 Å². The number of pyridine rings is 1. The molecule has 34 heavy (non-hydrogen) atoms. The Labute approximate surface area is 192 Å². The number of nitrogens with one attached hydrogen (secondary N) is 1. The van der Waals surface area contributed by atoms with Gasteiger partial charge in [0.2, 0.25) is 0 Å². The summed E-state index contributed by atoms with van der Waals surface area (Å²) in [7, 11) is -9.77. The lowest BCUT2D eigenvalue weighted by molar-refractivity contribution is 0.0790. The normalized spacial score (nSPS) is 22.0. The highest BCUT2D eigenvalue weighted by molar-refractivity contribution is 8.45. The summed E-state index contributed by atoms with van der Waals surface area (Å²) in [6.07, 6.45) is 4.08. The van der Waals surface area contributed by atoms with Gasteiger partial charge in [-0.2, -0.15) is 0 Å². The maximum absolute atomic E-state index is 13.0. The zero-order chi connectivity index (χ0) is 24.2. The van der Waals surface area contributed by atoms with Crippen molar-refractivity contribution >= 4 is 27.3 Å². The van der Waals surface area contributed by atoms with Crippen LogP contribution >= 0.6 is 10.2 Å². The molecule has 184 valence electrons. The van der Waals surface area contributed by atoms with Crippen molar-refractivity contribution in [3.05, 3.63) is 53.5 Å². The number of halogens is 5. The zero-order valence-corrected chi connectivity index (χ0v) is 18.8. The second kappa shape index (κ2) is 7.38. The van der Waals surface area contributed by atoms with Crippen LogP contribution in [0, 0.1) is 0 Å². The van der Waals surface area contributed by atoms with Crippen molar-refractivity contribution in [3.63, 3.8) is 0 Å². The lowest BCUT2D eigenvalue weighted by atomic mass is 9.98. The van der Waals surface area contributed by atoms with Gasteiger partial charge >= 0.3 is 10.2 Å². The number of hydrogen-bond acceptors (Lipinski definition) is 4. The molecule has 2 aliphatic rings. The number of hydrogen-bond donors (Lipinski definition) is 1. The molecule has 2 saturated heterocycles. The van der Waals surface area contributed by atoms with Crippen LogP contribution in [0.25, 0.3) is 11.2 Å². The summed E-state index contributed by atoms with van der Waals surface area (Å²) in [5, 5.41) is 0. The van der Waals surface area contributed by atoms with Crippen molar-refractivity contribution in [1.29, 1.82) is 0 Å². The molecule has 1 atom stereocenters. The molecular formula is C22H23F5N4O2S. The summed E-state index contributed by atoms with van der Waals surface area (Å²) in [5.74, 6) is 0.635. The van der Waals surface area contributed by atoms with Crippen molar-refractivity contribution in [2.24, 2.45) is 0 Å². The largest absolute Gasteiger partial charge is 0.381 e. The highest BCUT2D eigenvalue weighted by atomic mass is 32.5. The van der Waals surface area contributed by atoms with Crippen LogP contribution in [0.1, 0.15) is 52.8 Å². The van der Waals surface area contributed by atoms with E-state index in [0.717, 1.165) is 41.9 Å². The minimum absolute atomic E-state index is 0.0126. The molecule has 5 rings (SSSR count). The number of imidazole rings is 1. The molecule has 1 aromatic carbocycles. The van der Waals surface area contributed by atoms with Gasteiger partial charge in [0.1, 0.15) is 10.7 Å². The molecule has 2 fully saturated rings. The number of H-pyrrole nitrogens is 1. The molecule has 0 spiro atoms. The number of fused-ring (bicyclic) bond motifs is 1. The number of rotatable bonds is 4. The fourth-order valence-corrected chi connectivity index (χ4v) is 5.34. The zero-order valence-electron chi connectivity index (χ0n) is 18.0. The van der Waals surface area contributed by atoms with E-state index >= 15 is 0 Å². The Morgan fingerprint density at radius 2 is 1.71 bits per heavy atom. The molecule has 1 amide bonds. The number of aromatic nitrogens is 3. The molecule has 4 heterocycles. The minimum atomic E-state index is -9.77. The third-order valence-corrected chi connectivity index (χ3v) is 7.68. The van der Waals surface area contributed by atoms with Crippen LogP contribution in [0.15, 0.2) is 41.4 Å². The van der Waals surface area contributed by atoms with Crippen molar-refractivity contribution in [2.75, 3.05) is 26.3 Å². The molecule has 1 N–H and O–H groups in total. The first-order valence-electron chi connectivity index (χ1n) is 10.9. The van der Waals surface area contributed by atoms with E-state index in [4.69, 9.17) is 4.74 Å². The Hall–Kier alpha value is -2.73. The molecule has 2 aliphatic heterocycles. The molecule has 0 saturated carbocycles. The van der Waals surface area contributed by atoms with Crippen LogP contribution in [0.3, 0.4) is 0 Å². The van der Waals surface area contributed by atoms with Gasteiger partial charge in [0.25, 0.3) is 5.91 Å². The van der Waals surface area contributed by atoms with E-state index in [0.29, 0.717) is 38.4 Å². The Morgan fingerprint density at radius 3 is 2.38 bits per heavy atom. The van der Waals surface area contributed by atoms with Gasteiger partial charge in [0.05, 0.1) is 5.52 Å². The van der Waals surface area contributed by atoms with E-state index in [1.807, 2.05) is 6.07 Å². The highest BCUT2D eigenvalue weighted by Crippen LogP contribution is 3.02. The number of benzene rings is 1. The fourth-order valence-electron chi connectivity index (χ4n) is 4.69. The topological polar surface area (TPSA) is 71.1 Å². The maximum Gasteiger partial charge on any atom is 0.310 e. The molecule has 0 bridgehead atoms. The van der Waals surface area contributed by atoms with E-state index in [9.17, 15) is 24.2 Å². The van der Waals surface area contributed by atoms with E-state index < -0.39 is 21.0 Å². The quantitative estimate of drug-likeness (QED) is 0.435. The Morgan fingerprint density at radius 1 is 1.00 bits per heavy atom. The van der Waals surface area contributed by atoms with E-state index in [2.05, 4.69) is 15.0 Å². The second-order valence-electron chi connectivity index (χ2n) is 8.84. The first-order valence-corrected chi connectivity index (χ1v) is 12.9. The molecule has 0 radical (unpaired) electrons. The van der Waals surface area contributed by atoms with Crippen LogP contribution in [0.4, 0.5) is 19.4 Å². The number of carbonyl (C=O) groups is 1. The van der Waals surface area contributed by atoms with Crippen molar-refractivity contribution < 1.29 is 29.0 Å². The van der Waals surface area contributed by atoms with Gasteiger partial charge in [-0.05, 0) is 55.2 Å². The van der Waals surface area contributed by atoms with Gasteiger partial charge in [-0.15, -0.1) is 0 Å². The molecule has 6 nitrogen and oxygen atoms in total. The summed E-state index contributed by atoms with van der Waals surface area (Å²) in [4.78, 5) is 24.8. The summed E-state index contributed by atoms with van der Waals surface area (Å²) in [6.45, 7) is 2.13. The number of aromatic amines is 1. The SMILES string of the molecule is O=C(c1ccc(S(F)(F)(F)(F)F)cc1)N1CC[C@@H](c2ccnc3nc(C4CCOCC4)[nH]c23)C1. The van der Waals surface area contributed by atoms with Crippen molar-refractivity contribution in [1.82, 2.24) is 19.9 Å². The summed E-state index contributed by atoms with van der Waals surface area (Å²) in [6, 6.07) is 4.05. The Kier molecular flexibility index (Phi) is 5.00. The predicted octanol–water partition coefficient (Wildman–Crippen LogP) is 6.14. The second-order valence-corrected chi connectivity index (χ2v) is 11.2. The lowest BCUT2D eigenvalue weighted by Gasteiger charge is -2.40. The summed E-state index contributed by atoms with van der Waals surface area (Å²) < 4.78 is 70.2. The average Bonchev–Trinajstić information content (AvgIpc) is 3.45.